The Morgan fingerprint density at radius 3 is 2.28 bits per heavy atom. The lowest BCUT2D eigenvalue weighted by Gasteiger charge is -2.36. The molecule has 1 aliphatic heterocycles. The molecule has 0 unspecified atom stereocenters. The molecule has 36 heavy (non-hydrogen) atoms. The number of hydrogen-bond acceptors (Lipinski definition) is 6. The quantitative estimate of drug-likeness (QED) is 0.462. The van der Waals surface area contributed by atoms with Gasteiger partial charge < -0.3 is 29.7 Å². The lowest BCUT2D eigenvalue weighted by molar-refractivity contribution is -0.124. The summed E-state index contributed by atoms with van der Waals surface area (Å²) in [7, 11) is 4.74. The lowest BCUT2D eigenvalue weighted by atomic mass is 9.88. The molecule has 2 aromatic carbocycles. The van der Waals surface area contributed by atoms with Crippen LogP contribution in [0, 0.1) is 5.92 Å². The first kappa shape index (κ1) is 27.0. The van der Waals surface area contributed by atoms with E-state index in [9.17, 15) is 14.4 Å². The van der Waals surface area contributed by atoms with Gasteiger partial charge in [0, 0.05) is 44.5 Å². The number of ether oxygens (including phenoxy) is 3. The number of nitrogens with one attached hydrogen (secondary N) is 2. The predicted octanol–water partition coefficient (Wildman–Crippen LogP) is 2.51. The SMILES string of the molecule is COCCCNC(=O)[C@H](NC(=O)c1ccc(OC)cc1)C1CCN(C(=O)c2cccc(OC)c2)CC1. The number of hydrogen-bond donors (Lipinski definition) is 2. The van der Waals surface area contributed by atoms with Crippen molar-refractivity contribution in [1.82, 2.24) is 15.5 Å². The van der Waals surface area contributed by atoms with Crippen LogP contribution in [0.15, 0.2) is 48.5 Å². The van der Waals surface area contributed by atoms with Crippen molar-refractivity contribution >= 4 is 17.7 Å². The zero-order valence-electron chi connectivity index (χ0n) is 21.1. The van der Waals surface area contributed by atoms with Gasteiger partial charge in [0.05, 0.1) is 14.2 Å². The minimum Gasteiger partial charge on any atom is -0.497 e. The van der Waals surface area contributed by atoms with Gasteiger partial charge in [-0.1, -0.05) is 6.07 Å². The van der Waals surface area contributed by atoms with E-state index >= 15 is 0 Å². The van der Waals surface area contributed by atoms with Gasteiger partial charge in [-0.3, -0.25) is 14.4 Å². The molecule has 0 bridgehead atoms. The largest absolute Gasteiger partial charge is 0.497 e. The van der Waals surface area contributed by atoms with Crippen LogP contribution >= 0.6 is 0 Å². The third-order valence-electron chi connectivity index (χ3n) is 6.36. The molecule has 1 fully saturated rings. The highest BCUT2D eigenvalue weighted by atomic mass is 16.5. The average Bonchev–Trinajstić information content (AvgIpc) is 2.93. The maximum absolute atomic E-state index is 13.1. The summed E-state index contributed by atoms with van der Waals surface area (Å²) in [6.45, 7) is 1.97. The standard InChI is InChI=1S/C27H35N3O6/c1-34-17-5-14-28-26(32)24(29-25(31)20-8-10-22(35-2)11-9-20)19-12-15-30(16-13-19)27(33)21-6-4-7-23(18-21)36-3/h4,6-11,18-19,24H,5,12-17H2,1-3H3,(H,28,32)(H,29,31)/t24-/m1/s1. The molecule has 1 heterocycles. The highest BCUT2D eigenvalue weighted by Gasteiger charge is 2.34. The number of nitrogens with zero attached hydrogens (tertiary/aromatic N) is 1. The summed E-state index contributed by atoms with van der Waals surface area (Å²) in [6, 6.07) is 13.1. The molecule has 0 spiro atoms. The molecule has 1 aliphatic rings. The minimum absolute atomic E-state index is 0.0739. The van der Waals surface area contributed by atoms with E-state index in [1.807, 2.05) is 0 Å². The van der Waals surface area contributed by atoms with Gasteiger partial charge in [-0.25, -0.2) is 0 Å². The third kappa shape index (κ3) is 7.21. The molecule has 2 aromatic rings. The number of rotatable bonds is 11. The highest BCUT2D eigenvalue weighted by molar-refractivity contribution is 5.98. The van der Waals surface area contributed by atoms with Crippen LogP contribution < -0.4 is 20.1 Å². The fraction of sp³-hybridized carbons (Fsp3) is 0.444. The Labute approximate surface area is 212 Å². The predicted molar refractivity (Wildman–Crippen MR) is 135 cm³/mol. The van der Waals surface area contributed by atoms with Gasteiger partial charge in [-0.15, -0.1) is 0 Å². The van der Waals surface area contributed by atoms with Crippen LogP contribution in [0.3, 0.4) is 0 Å². The Hall–Kier alpha value is -3.59. The summed E-state index contributed by atoms with van der Waals surface area (Å²) in [5, 5.41) is 5.84. The van der Waals surface area contributed by atoms with Gasteiger partial charge in [0.15, 0.2) is 0 Å². The second-order valence-electron chi connectivity index (χ2n) is 8.68. The molecule has 3 rings (SSSR count). The summed E-state index contributed by atoms with van der Waals surface area (Å²) in [5.41, 5.74) is 1.01. The van der Waals surface area contributed by atoms with Gasteiger partial charge in [-0.2, -0.15) is 0 Å². The Kier molecular flexibility index (Phi) is 10.1. The van der Waals surface area contributed by atoms with Crippen LogP contribution in [0.25, 0.3) is 0 Å². The average molecular weight is 498 g/mol. The van der Waals surface area contributed by atoms with Crippen molar-refractivity contribution < 1.29 is 28.6 Å². The number of carbonyl (C=O) groups is 3. The smallest absolute Gasteiger partial charge is 0.253 e. The van der Waals surface area contributed by atoms with E-state index in [1.54, 1.807) is 74.8 Å². The second-order valence-corrected chi connectivity index (χ2v) is 8.68. The normalized spacial score (nSPS) is 14.6. The minimum atomic E-state index is -0.712. The zero-order valence-corrected chi connectivity index (χ0v) is 21.1. The Balaban J connectivity index is 1.67. The van der Waals surface area contributed by atoms with Crippen LogP contribution in [0.4, 0.5) is 0 Å². The molecule has 0 radical (unpaired) electrons. The molecular weight excluding hydrogens is 462 g/mol. The summed E-state index contributed by atoms with van der Waals surface area (Å²) in [4.78, 5) is 40.8. The molecule has 0 aliphatic carbocycles. The van der Waals surface area contributed by atoms with Gasteiger partial charge in [0.25, 0.3) is 11.8 Å². The van der Waals surface area contributed by atoms with Crippen molar-refractivity contribution in [3.63, 3.8) is 0 Å². The van der Waals surface area contributed by atoms with Gasteiger partial charge in [0.1, 0.15) is 17.5 Å². The van der Waals surface area contributed by atoms with E-state index in [-0.39, 0.29) is 23.6 Å². The van der Waals surface area contributed by atoms with Crippen LogP contribution in [-0.4, -0.2) is 76.2 Å². The van der Waals surface area contributed by atoms with Gasteiger partial charge in [-0.05, 0) is 67.6 Å². The monoisotopic (exact) mass is 497 g/mol. The summed E-state index contributed by atoms with van der Waals surface area (Å²) in [6.07, 6.45) is 1.86. The number of methoxy groups -OCH3 is 3. The van der Waals surface area contributed by atoms with Crippen molar-refractivity contribution in [1.29, 1.82) is 0 Å². The molecule has 2 N–H and O–H groups in total. The molecule has 3 amide bonds. The number of likely N-dealkylation sites (tertiary alicyclic amines) is 1. The Morgan fingerprint density at radius 2 is 1.64 bits per heavy atom. The van der Waals surface area contributed by atoms with E-state index < -0.39 is 6.04 Å². The van der Waals surface area contributed by atoms with Gasteiger partial charge in [0.2, 0.25) is 5.91 Å². The van der Waals surface area contributed by atoms with Crippen molar-refractivity contribution in [2.24, 2.45) is 5.92 Å². The first-order valence-corrected chi connectivity index (χ1v) is 12.1. The number of piperidine rings is 1. The second kappa shape index (κ2) is 13.5. The Bertz CT molecular complexity index is 1020. The zero-order chi connectivity index (χ0) is 25.9. The molecule has 194 valence electrons. The fourth-order valence-corrected chi connectivity index (χ4v) is 4.28. The van der Waals surface area contributed by atoms with Crippen LogP contribution in [0.2, 0.25) is 0 Å². The maximum atomic E-state index is 13.1. The first-order valence-electron chi connectivity index (χ1n) is 12.1. The van der Waals surface area contributed by atoms with Crippen LogP contribution in [0.5, 0.6) is 11.5 Å². The maximum Gasteiger partial charge on any atom is 0.253 e. The molecule has 9 nitrogen and oxygen atoms in total. The summed E-state index contributed by atoms with van der Waals surface area (Å²) < 4.78 is 15.4. The number of carbonyl (C=O) groups excluding carboxylic acids is 3. The van der Waals surface area contributed by atoms with Gasteiger partial charge >= 0.3 is 0 Å². The highest BCUT2D eigenvalue weighted by Crippen LogP contribution is 2.24. The Morgan fingerprint density at radius 1 is 0.944 bits per heavy atom. The van der Waals surface area contributed by atoms with E-state index in [0.29, 0.717) is 68.1 Å². The van der Waals surface area contributed by atoms with Crippen molar-refractivity contribution in [3.05, 3.63) is 59.7 Å². The lowest BCUT2D eigenvalue weighted by Crippen LogP contribution is -2.54. The van der Waals surface area contributed by atoms with Crippen molar-refractivity contribution in [2.75, 3.05) is 47.6 Å². The van der Waals surface area contributed by atoms with E-state index in [1.165, 1.54) is 0 Å². The van der Waals surface area contributed by atoms with E-state index in [4.69, 9.17) is 14.2 Å². The first-order chi connectivity index (χ1) is 17.5. The summed E-state index contributed by atoms with van der Waals surface area (Å²) in [5.74, 6) is 0.531. The van der Waals surface area contributed by atoms with E-state index in [0.717, 1.165) is 0 Å². The van der Waals surface area contributed by atoms with Crippen molar-refractivity contribution in [3.8, 4) is 11.5 Å². The molecular formula is C27H35N3O6. The topological polar surface area (TPSA) is 106 Å². The van der Waals surface area contributed by atoms with Crippen molar-refractivity contribution in [2.45, 2.75) is 25.3 Å². The van der Waals surface area contributed by atoms with Crippen LogP contribution in [-0.2, 0) is 9.53 Å². The number of amides is 3. The summed E-state index contributed by atoms with van der Waals surface area (Å²) >= 11 is 0. The third-order valence-corrected chi connectivity index (χ3v) is 6.36. The molecule has 1 atom stereocenters. The fourth-order valence-electron chi connectivity index (χ4n) is 4.28. The molecule has 9 heteroatoms. The number of benzene rings is 2. The van der Waals surface area contributed by atoms with E-state index in [2.05, 4.69) is 10.6 Å². The van der Waals surface area contributed by atoms with Crippen LogP contribution in [0.1, 0.15) is 40.0 Å². The molecule has 0 saturated carbocycles. The molecule has 0 aromatic heterocycles. The molecule has 1 saturated heterocycles.